The van der Waals surface area contributed by atoms with E-state index in [1.54, 1.807) is 11.8 Å². The Morgan fingerprint density at radius 3 is 2.71 bits per heavy atom. The first-order chi connectivity index (χ1) is 8.17. The fourth-order valence-corrected chi connectivity index (χ4v) is 2.72. The van der Waals surface area contributed by atoms with E-state index in [-0.39, 0.29) is 12.6 Å². The number of hydrogen-bond donors (Lipinski definition) is 3. The summed E-state index contributed by atoms with van der Waals surface area (Å²) >= 11 is 1.65. The van der Waals surface area contributed by atoms with Gasteiger partial charge in [0.2, 0.25) is 0 Å². The molecule has 0 radical (unpaired) electrons. The van der Waals surface area contributed by atoms with Crippen molar-refractivity contribution in [3.63, 3.8) is 0 Å². The molecule has 0 aliphatic heterocycles. The minimum absolute atomic E-state index is 0.165. The van der Waals surface area contributed by atoms with Crippen LogP contribution >= 0.6 is 11.8 Å². The highest BCUT2D eigenvalue weighted by Gasteiger charge is 2.10. The number of rotatable bonds is 7. The Kier molecular flexibility index (Phi) is 6.58. The van der Waals surface area contributed by atoms with E-state index in [0.717, 1.165) is 5.75 Å². The van der Waals surface area contributed by atoms with E-state index < -0.39 is 6.10 Å². The molecule has 3 nitrogen and oxygen atoms in total. The standard InChI is InChI=1S/C13H21NO2S/c1-10-4-3-5-11(6-10)13(14-2)9-17-8-12(16)7-15/h3-6,12-16H,7-9H2,1-2H3. The molecular formula is C13H21NO2S. The number of hydrogen-bond acceptors (Lipinski definition) is 4. The summed E-state index contributed by atoms with van der Waals surface area (Å²) in [5.74, 6) is 1.46. The van der Waals surface area contributed by atoms with E-state index in [1.807, 2.05) is 7.05 Å². The molecule has 0 amide bonds. The van der Waals surface area contributed by atoms with Gasteiger partial charge in [0.25, 0.3) is 0 Å². The summed E-state index contributed by atoms with van der Waals surface area (Å²) in [4.78, 5) is 0. The van der Waals surface area contributed by atoms with E-state index in [9.17, 15) is 5.11 Å². The molecule has 0 fully saturated rings. The Labute approximate surface area is 107 Å². The van der Waals surface area contributed by atoms with Gasteiger partial charge in [0.1, 0.15) is 0 Å². The number of aryl methyl sites for hydroxylation is 1. The third-order valence-electron chi connectivity index (χ3n) is 2.60. The second-order valence-electron chi connectivity index (χ2n) is 4.13. The van der Waals surface area contributed by atoms with Crippen LogP contribution in [0.5, 0.6) is 0 Å². The molecule has 0 aromatic heterocycles. The molecule has 0 saturated heterocycles. The van der Waals surface area contributed by atoms with Gasteiger partial charge in [-0.05, 0) is 19.5 Å². The van der Waals surface area contributed by atoms with Crippen LogP contribution in [0.25, 0.3) is 0 Å². The molecule has 0 saturated carbocycles. The number of nitrogens with one attached hydrogen (secondary N) is 1. The largest absolute Gasteiger partial charge is 0.394 e. The van der Waals surface area contributed by atoms with E-state index in [2.05, 4.69) is 36.5 Å². The van der Waals surface area contributed by atoms with Crippen LogP contribution in [0.2, 0.25) is 0 Å². The molecule has 2 atom stereocenters. The van der Waals surface area contributed by atoms with Crippen molar-refractivity contribution < 1.29 is 10.2 Å². The predicted molar refractivity (Wildman–Crippen MR) is 73.4 cm³/mol. The van der Waals surface area contributed by atoms with Crippen molar-refractivity contribution in [2.75, 3.05) is 25.2 Å². The maximum Gasteiger partial charge on any atom is 0.0861 e. The highest BCUT2D eigenvalue weighted by molar-refractivity contribution is 7.99. The molecule has 1 aromatic carbocycles. The van der Waals surface area contributed by atoms with Gasteiger partial charge in [-0.3, -0.25) is 0 Å². The third kappa shape index (κ3) is 5.08. The van der Waals surface area contributed by atoms with Crippen LogP contribution in [-0.4, -0.2) is 41.5 Å². The summed E-state index contributed by atoms with van der Waals surface area (Å²) in [6.45, 7) is 1.92. The predicted octanol–water partition coefficient (Wildman–Crippen LogP) is 1.34. The van der Waals surface area contributed by atoms with Gasteiger partial charge in [-0.2, -0.15) is 11.8 Å². The third-order valence-corrected chi connectivity index (χ3v) is 3.79. The van der Waals surface area contributed by atoms with Crippen molar-refractivity contribution in [1.29, 1.82) is 0 Å². The summed E-state index contributed by atoms with van der Waals surface area (Å²) in [6, 6.07) is 8.70. The van der Waals surface area contributed by atoms with Crippen LogP contribution in [0.15, 0.2) is 24.3 Å². The molecule has 3 N–H and O–H groups in total. The van der Waals surface area contributed by atoms with Gasteiger partial charge in [-0.1, -0.05) is 29.8 Å². The average molecular weight is 255 g/mol. The van der Waals surface area contributed by atoms with Crippen molar-refractivity contribution in [2.45, 2.75) is 19.1 Å². The van der Waals surface area contributed by atoms with E-state index in [1.165, 1.54) is 11.1 Å². The number of aliphatic hydroxyl groups excluding tert-OH is 2. The lowest BCUT2D eigenvalue weighted by molar-refractivity contribution is 0.113. The van der Waals surface area contributed by atoms with Crippen LogP contribution in [0.1, 0.15) is 17.2 Å². The first-order valence-corrected chi connectivity index (χ1v) is 6.93. The van der Waals surface area contributed by atoms with Crippen LogP contribution in [0.3, 0.4) is 0 Å². The summed E-state index contributed by atoms with van der Waals surface area (Å²) < 4.78 is 0. The van der Waals surface area contributed by atoms with Crippen molar-refractivity contribution in [2.24, 2.45) is 0 Å². The van der Waals surface area contributed by atoms with E-state index >= 15 is 0 Å². The summed E-state index contributed by atoms with van der Waals surface area (Å²) in [5, 5.41) is 21.3. The van der Waals surface area contributed by atoms with Crippen molar-refractivity contribution in [1.82, 2.24) is 5.32 Å². The first-order valence-electron chi connectivity index (χ1n) is 5.78. The molecule has 0 aliphatic rings. The minimum Gasteiger partial charge on any atom is -0.394 e. The van der Waals surface area contributed by atoms with Crippen molar-refractivity contribution in [3.8, 4) is 0 Å². The molecule has 1 rings (SSSR count). The second kappa shape index (κ2) is 7.71. The quantitative estimate of drug-likeness (QED) is 0.688. The Morgan fingerprint density at radius 1 is 1.35 bits per heavy atom. The Morgan fingerprint density at radius 2 is 2.12 bits per heavy atom. The number of aliphatic hydroxyl groups is 2. The fourth-order valence-electron chi connectivity index (χ4n) is 1.61. The summed E-state index contributed by atoms with van der Waals surface area (Å²) in [6.07, 6.45) is -0.616. The van der Waals surface area contributed by atoms with Crippen molar-refractivity contribution in [3.05, 3.63) is 35.4 Å². The first kappa shape index (κ1) is 14.5. The molecule has 0 bridgehead atoms. The molecule has 1 aromatic rings. The maximum absolute atomic E-state index is 9.27. The summed E-state index contributed by atoms with van der Waals surface area (Å²) in [7, 11) is 1.94. The fraction of sp³-hybridized carbons (Fsp3) is 0.538. The van der Waals surface area contributed by atoms with Gasteiger partial charge >= 0.3 is 0 Å². The smallest absolute Gasteiger partial charge is 0.0861 e. The van der Waals surface area contributed by atoms with Crippen molar-refractivity contribution >= 4 is 11.8 Å². The van der Waals surface area contributed by atoms with Gasteiger partial charge in [0.15, 0.2) is 0 Å². The van der Waals surface area contributed by atoms with Gasteiger partial charge in [-0.25, -0.2) is 0 Å². The zero-order valence-electron chi connectivity index (χ0n) is 10.4. The number of benzene rings is 1. The second-order valence-corrected chi connectivity index (χ2v) is 5.20. The monoisotopic (exact) mass is 255 g/mol. The van der Waals surface area contributed by atoms with Crippen LogP contribution in [0, 0.1) is 6.92 Å². The Hall–Kier alpha value is -0.550. The molecule has 2 unspecified atom stereocenters. The Balaban J connectivity index is 2.48. The SMILES string of the molecule is CNC(CSCC(O)CO)c1cccc(C)c1. The molecular weight excluding hydrogens is 234 g/mol. The highest BCUT2D eigenvalue weighted by Crippen LogP contribution is 2.19. The highest BCUT2D eigenvalue weighted by atomic mass is 32.2. The molecule has 0 spiro atoms. The van der Waals surface area contributed by atoms with E-state index in [4.69, 9.17) is 5.11 Å². The van der Waals surface area contributed by atoms with Gasteiger partial charge in [0.05, 0.1) is 12.7 Å². The molecule has 0 aliphatic carbocycles. The summed E-state index contributed by atoms with van der Waals surface area (Å²) in [5.41, 5.74) is 2.52. The molecule has 0 heterocycles. The van der Waals surface area contributed by atoms with Crippen LogP contribution in [0.4, 0.5) is 0 Å². The maximum atomic E-state index is 9.27. The van der Waals surface area contributed by atoms with Crippen LogP contribution in [-0.2, 0) is 0 Å². The molecule has 96 valence electrons. The lowest BCUT2D eigenvalue weighted by Gasteiger charge is -2.17. The topological polar surface area (TPSA) is 52.5 Å². The molecule has 17 heavy (non-hydrogen) atoms. The van der Waals surface area contributed by atoms with E-state index in [0.29, 0.717) is 5.75 Å². The lowest BCUT2D eigenvalue weighted by Crippen LogP contribution is -2.21. The lowest BCUT2D eigenvalue weighted by atomic mass is 10.1. The minimum atomic E-state index is -0.616. The van der Waals surface area contributed by atoms with Crippen LogP contribution < -0.4 is 5.32 Å². The Bertz CT molecular complexity index is 333. The van der Waals surface area contributed by atoms with Gasteiger partial charge < -0.3 is 15.5 Å². The zero-order chi connectivity index (χ0) is 12.7. The molecule has 4 heteroatoms. The average Bonchev–Trinajstić information content (AvgIpc) is 2.34. The van der Waals surface area contributed by atoms with Gasteiger partial charge in [0, 0.05) is 17.5 Å². The zero-order valence-corrected chi connectivity index (χ0v) is 11.2. The van der Waals surface area contributed by atoms with Gasteiger partial charge in [-0.15, -0.1) is 0 Å². The number of thioether (sulfide) groups is 1. The normalized spacial score (nSPS) is 14.6.